The molecule has 0 aromatic heterocycles. The van der Waals surface area contributed by atoms with Crippen molar-refractivity contribution in [1.29, 1.82) is 0 Å². The predicted octanol–water partition coefficient (Wildman–Crippen LogP) is 3.09. The van der Waals surface area contributed by atoms with E-state index in [9.17, 15) is 4.79 Å². The van der Waals surface area contributed by atoms with Gasteiger partial charge < -0.3 is 10.4 Å². The first-order valence-corrected chi connectivity index (χ1v) is 6.04. The predicted molar refractivity (Wildman–Crippen MR) is 69.7 cm³/mol. The fourth-order valence-corrected chi connectivity index (χ4v) is 2.20. The Kier molecular flexibility index (Phi) is 3.70. The molecule has 96 valence electrons. The van der Waals surface area contributed by atoms with Crippen LogP contribution in [0.2, 0.25) is 0 Å². The summed E-state index contributed by atoms with van der Waals surface area (Å²) in [5.74, 6) is -0.758. The van der Waals surface area contributed by atoms with Gasteiger partial charge in [0.2, 0.25) is 0 Å². The standard InChI is InChI=1S/C14H23NO2/c1-6-11(10-7-8-10)15-14(4,5)9-13(2,3)12(16)17/h6,15H,1,7-9H2,2-5H3,(H,16,17). The monoisotopic (exact) mass is 237 g/mol. The van der Waals surface area contributed by atoms with Crippen LogP contribution in [0.5, 0.6) is 0 Å². The smallest absolute Gasteiger partial charge is 0.309 e. The second-order valence-electron chi connectivity index (χ2n) is 6.10. The van der Waals surface area contributed by atoms with Crippen LogP contribution in [0.4, 0.5) is 0 Å². The number of carboxylic acid groups (broad SMARTS) is 1. The van der Waals surface area contributed by atoms with Crippen molar-refractivity contribution >= 4 is 5.97 Å². The minimum Gasteiger partial charge on any atom is -0.481 e. The molecule has 0 aromatic rings. The molecule has 0 unspecified atom stereocenters. The minimum absolute atomic E-state index is 0.249. The molecule has 1 aliphatic rings. The van der Waals surface area contributed by atoms with Gasteiger partial charge in [0.25, 0.3) is 0 Å². The Labute approximate surface area is 104 Å². The number of aliphatic carboxylic acids is 1. The number of hydrogen-bond acceptors (Lipinski definition) is 2. The van der Waals surface area contributed by atoms with E-state index >= 15 is 0 Å². The molecule has 0 amide bonds. The topological polar surface area (TPSA) is 49.3 Å². The van der Waals surface area contributed by atoms with E-state index in [2.05, 4.69) is 11.9 Å². The summed E-state index contributed by atoms with van der Waals surface area (Å²) in [5, 5.41) is 12.6. The number of carbonyl (C=O) groups is 1. The van der Waals surface area contributed by atoms with Crippen molar-refractivity contribution in [3.63, 3.8) is 0 Å². The zero-order valence-electron chi connectivity index (χ0n) is 11.3. The van der Waals surface area contributed by atoms with Crippen molar-refractivity contribution in [3.8, 4) is 0 Å². The van der Waals surface area contributed by atoms with E-state index in [1.54, 1.807) is 13.8 Å². The first-order chi connectivity index (χ1) is 7.68. The van der Waals surface area contributed by atoms with Gasteiger partial charge in [-0.05, 0) is 58.6 Å². The van der Waals surface area contributed by atoms with Gasteiger partial charge in [-0.3, -0.25) is 4.79 Å². The molecule has 0 radical (unpaired) electrons. The Morgan fingerprint density at radius 3 is 2.29 bits per heavy atom. The van der Waals surface area contributed by atoms with Crippen LogP contribution in [0.15, 0.2) is 23.9 Å². The van der Waals surface area contributed by atoms with Crippen molar-refractivity contribution in [1.82, 2.24) is 5.32 Å². The lowest BCUT2D eigenvalue weighted by molar-refractivity contribution is -0.148. The summed E-state index contributed by atoms with van der Waals surface area (Å²) >= 11 is 0. The molecule has 2 N–H and O–H groups in total. The summed E-state index contributed by atoms with van der Waals surface area (Å²) in [6.07, 6.45) is 4.66. The SMILES string of the molecule is C=CC(NC(C)(C)CC(C)(C)C(=O)O)=C1CC1. The van der Waals surface area contributed by atoms with E-state index in [-0.39, 0.29) is 5.54 Å². The Bertz CT molecular complexity index is 358. The molecule has 0 saturated heterocycles. The maximum absolute atomic E-state index is 11.1. The summed E-state index contributed by atoms with van der Waals surface area (Å²) in [7, 11) is 0. The van der Waals surface area contributed by atoms with Gasteiger partial charge in [0, 0.05) is 11.2 Å². The highest BCUT2D eigenvalue weighted by molar-refractivity contribution is 5.73. The molecule has 1 rings (SSSR count). The van der Waals surface area contributed by atoms with Crippen molar-refractivity contribution in [2.45, 2.75) is 52.5 Å². The van der Waals surface area contributed by atoms with Crippen LogP contribution in [-0.2, 0) is 4.79 Å². The summed E-state index contributed by atoms with van der Waals surface area (Å²) in [5.41, 5.74) is 1.50. The van der Waals surface area contributed by atoms with E-state index in [1.807, 2.05) is 19.9 Å². The maximum Gasteiger partial charge on any atom is 0.309 e. The fourth-order valence-electron chi connectivity index (χ4n) is 2.20. The Balaban J connectivity index is 2.72. The van der Waals surface area contributed by atoms with Gasteiger partial charge in [0.15, 0.2) is 0 Å². The third-order valence-corrected chi connectivity index (χ3v) is 3.02. The number of allylic oxidation sites excluding steroid dienone is 2. The van der Waals surface area contributed by atoms with Crippen LogP contribution >= 0.6 is 0 Å². The number of carboxylic acids is 1. The lowest BCUT2D eigenvalue weighted by atomic mass is 9.80. The Hall–Kier alpha value is -1.25. The summed E-state index contributed by atoms with van der Waals surface area (Å²) < 4.78 is 0. The molecule has 3 nitrogen and oxygen atoms in total. The van der Waals surface area contributed by atoms with E-state index < -0.39 is 11.4 Å². The number of nitrogens with one attached hydrogen (secondary N) is 1. The van der Waals surface area contributed by atoms with Crippen LogP contribution in [0.25, 0.3) is 0 Å². The summed E-state index contributed by atoms with van der Waals surface area (Å²) in [6, 6.07) is 0. The molecule has 1 aliphatic carbocycles. The van der Waals surface area contributed by atoms with E-state index in [4.69, 9.17) is 5.11 Å². The molecular formula is C14H23NO2. The third-order valence-electron chi connectivity index (χ3n) is 3.02. The lowest BCUT2D eigenvalue weighted by Crippen LogP contribution is -2.44. The van der Waals surface area contributed by atoms with Gasteiger partial charge in [-0.2, -0.15) is 0 Å². The largest absolute Gasteiger partial charge is 0.481 e. The average molecular weight is 237 g/mol. The molecular weight excluding hydrogens is 214 g/mol. The van der Waals surface area contributed by atoms with Crippen LogP contribution in [0.3, 0.4) is 0 Å². The first kappa shape index (κ1) is 13.8. The average Bonchev–Trinajstić information content (AvgIpc) is 2.95. The second-order valence-corrected chi connectivity index (χ2v) is 6.10. The minimum atomic E-state index is -0.758. The highest BCUT2D eigenvalue weighted by atomic mass is 16.4. The molecule has 0 heterocycles. The van der Waals surface area contributed by atoms with Crippen LogP contribution < -0.4 is 5.32 Å². The molecule has 1 fully saturated rings. The first-order valence-electron chi connectivity index (χ1n) is 6.04. The van der Waals surface area contributed by atoms with Crippen LogP contribution in [0.1, 0.15) is 47.0 Å². The zero-order chi connectivity index (χ0) is 13.3. The van der Waals surface area contributed by atoms with Gasteiger partial charge in [-0.1, -0.05) is 6.58 Å². The Morgan fingerprint density at radius 1 is 1.41 bits per heavy atom. The Morgan fingerprint density at radius 2 is 1.94 bits per heavy atom. The van der Waals surface area contributed by atoms with Gasteiger partial charge in [0.05, 0.1) is 5.41 Å². The molecule has 0 spiro atoms. The lowest BCUT2D eigenvalue weighted by Gasteiger charge is -2.34. The van der Waals surface area contributed by atoms with Crippen LogP contribution in [0, 0.1) is 5.41 Å². The zero-order valence-corrected chi connectivity index (χ0v) is 11.3. The van der Waals surface area contributed by atoms with Gasteiger partial charge in [-0.25, -0.2) is 0 Å². The maximum atomic E-state index is 11.1. The van der Waals surface area contributed by atoms with E-state index in [0.29, 0.717) is 6.42 Å². The molecule has 0 bridgehead atoms. The number of hydrogen-bond donors (Lipinski definition) is 2. The van der Waals surface area contributed by atoms with Crippen molar-refractivity contribution < 1.29 is 9.90 Å². The highest BCUT2D eigenvalue weighted by Crippen LogP contribution is 2.34. The summed E-state index contributed by atoms with van der Waals surface area (Å²) in [4.78, 5) is 11.1. The quantitative estimate of drug-likeness (QED) is 0.746. The van der Waals surface area contributed by atoms with Crippen molar-refractivity contribution in [3.05, 3.63) is 23.9 Å². The molecule has 0 aromatic carbocycles. The van der Waals surface area contributed by atoms with Crippen molar-refractivity contribution in [2.24, 2.45) is 5.41 Å². The molecule has 1 saturated carbocycles. The molecule has 0 aliphatic heterocycles. The van der Waals surface area contributed by atoms with Crippen molar-refractivity contribution in [2.75, 3.05) is 0 Å². The van der Waals surface area contributed by atoms with E-state index in [1.165, 1.54) is 5.57 Å². The normalized spacial score (nSPS) is 15.4. The fraction of sp³-hybridized carbons (Fsp3) is 0.643. The molecule has 3 heteroatoms. The van der Waals surface area contributed by atoms with Gasteiger partial charge >= 0.3 is 5.97 Å². The van der Waals surface area contributed by atoms with Gasteiger partial charge in [-0.15, -0.1) is 0 Å². The van der Waals surface area contributed by atoms with Gasteiger partial charge in [0.1, 0.15) is 0 Å². The third kappa shape index (κ3) is 3.91. The van der Waals surface area contributed by atoms with E-state index in [0.717, 1.165) is 18.5 Å². The number of rotatable bonds is 6. The van der Waals surface area contributed by atoms with Crippen LogP contribution in [-0.4, -0.2) is 16.6 Å². The molecule has 17 heavy (non-hydrogen) atoms. The summed E-state index contributed by atoms with van der Waals surface area (Å²) in [6.45, 7) is 11.4. The highest BCUT2D eigenvalue weighted by Gasteiger charge is 2.35. The second kappa shape index (κ2) is 4.55. The molecule has 0 atom stereocenters.